The number of carbonyl (C=O) groups excluding carboxylic acids is 1. The van der Waals surface area contributed by atoms with E-state index in [0.29, 0.717) is 22.9 Å². The minimum atomic E-state index is -0.207. The van der Waals surface area contributed by atoms with Gasteiger partial charge >= 0.3 is 0 Å². The van der Waals surface area contributed by atoms with Crippen LogP contribution in [0.2, 0.25) is 0 Å². The summed E-state index contributed by atoms with van der Waals surface area (Å²) in [6.45, 7) is 4.41. The lowest BCUT2D eigenvalue weighted by Crippen LogP contribution is -2.31. The van der Waals surface area contributed by atoms with Gasteiger partial charge in [0.15, 0.2) is 0 Å². The molecule has 1 amide bonds. The first-order valence-electron chi connectivity index (χ1n) is 10.1. The van der Waals surface area contributed by atoms with Gasteiger partial charge in [-0.3, -0.25) is 9.78 Å². The number of nitrogens with two attached hydrogens (primary N) is 1. The van der Waals surface area contributed by atoms with Gasteiger partial charge in [-0.05, 0) is 50.2 Å². The third-order valence-corrected chi connectivity index (χ3v) is 5.47. The Balaban J connectivity index is 2.06. The van der Waals surface area contributed by atoms with Gasteiger partial charge in [-0.25, -0.2) is 4.98 Å². The summed E-state index contributed by atoms with van der Waals surface area (Å²) in [7, 11) is 1.60. The molecule has 2 heterocycles. The Kier molecular flexibility index (Phi) is 7.94. The van der Waals surface area contributed by atoms with Crippen molar-refractivity contribution in [1.29, 1.82) is 0 Å². The zero-order valence-corrected chi connectivity index (χ0v) is 19.2. The predicted octanol–water partition coefficient (Wildman–Crippen LogP) is 5.53. The molecule has 0 saturated heterocycles. The molecule has 2 aromatic heterocycles. The van der Waals surface area contributed by atoms with Gasteiger partial charge in [0.25, 0.3) is 5.91 Å². The molecular weight excluding hydrogens is 420 g/mol. The van der Waals surface area contributed by atoms with Crippen molar-refractivity contribution in [3.63, 3.8) is 0 Å². The molecule has 164 valence electrons. The van der Waals surface area contributed by atoms with Crippen LogP contribution < -0.4 is 15.4 Å². The number of amides is 1. The molecular formula is C25H26N4O2S. The van der Waals surface area contributed by atoms with Gasteiger partial charge in [-0.15, -0.1) is 11.3 Å². The molecule has 6 nitrogen and oxygen atoms in total. The third-order valence-electron chi connectivity index (χ3n) is 4.62. The van der Waals surface area contributed by atoms with E-state index in [0.717, 1.165) is 22.5 Å². The molecule has 0 fully saturated rings. The Bertz CT molecular complexity index is 1150. The van der Waals surface area contributed by atoms with Crippen molar-refractivity contribution in [3.05, 3.63) is 89.0 Å². The summed E-state index contributed by atoms with van der Waals surface area (Å²) in [5.74, 6) is 0.468. The van der Waals surface area contributed by atoms with Gasteiger partial charge in [0.1, 0.15) is 10.6 Å². The highest BCUT2D eigenvalue weighted by atomic mass is 32.1. The molecule has 0 saturated carbocycles. The summed E-state index contributed by atoms with van der Waals surface area (Å²) in [6, 6.07) is 16.6. The van der Waals surface area contributed by atoms with E-state index in [4.69, 9.17) is 10.5 Å². The number of hydrogen-bond donors (Lipinski definition) is 1. The molecule has 0 unspecified atom stereocenters. The second-order valence-corrected chi connectivity index (χ2v) is 8.04. The fourth-order valence-electron chi connectivity index (χ4n) is 2.91. The highest BCUT2D eigenvalue weighted by Gasteiger charge is 2.20. The number of allylic oxidation sites excluding steroid dienone is 1. The number of benzene rings is 1. The normalized spacial score (nSPS) is 10.1. The molecule has 2 N–H and O–H groups in total. The molecule has 7 heteroatoms. The number of hydrogen-bond acceptors (Lipinski definition) is 6. The maximum Gasteiger partial charge on any atom is 0.270 e. The van der Waals surface area contributed by atoms with Crippen LogP contribution in [0.1, 0.15) is 23.5 Å². The number of carbonyl (C=O) groups is 1. The van der Waals surface area contributed by atoms with E-state index in [9.17, 15) is 4.79 Å². The summed E-state index contributed by atoms with van der Waals surface area (Å²) >= 11 is 1.20. The number of nitrogens with zero attached hydrogens (tertiary/aromatic N) is 3. The Morgan fingerprint density at radius 1 is 1.12 bits per heavy atom. The van der Waals surface area contributed by atoms with Crippen molar-refractivity contribution in [2.24, 2.45) is 0 Å². The van der Waals surface area contributed by atoms with Crippen LogP contribution in [0.5, 0.6) is 5.75 Å². The molecule has 3 rings (SSSR count). The van der Waals surface area contributed by atoms with Gasteiger partial charge < -0.3 is 15.4 Å². The maximum atomic E-state index is 13.6. The van der Waals surface area contributed by atoms with E-state index in [-0.39, 0.29) is 5.91 Å². The second kappa shape index (κ2) is 11.1. The molecule has 0 radical (unpaired) electrons. The Hall–Kier alpha value is -3.71. The van der Waals surface area contributed by atoms with Crippen molar-refractivity contribution in [1.82, 2.24) is 9.97 Å². The first kappa shape index (κ1) is 23.0. The van der Waals surface area contributed by atoms with Crippen LogP contribution in [-0.2, 0) is 0 Å². The SMILES string of the molecule is COc1cccc(N(CC=C(C)C)C(=O)c2scnc(-c3ccncc3)cccc2N)c1. The summed E-state index contributed by atoms with van der Waals surface area (Å²) in [4.78, 5) is 24.3. The first-order chi connectivity index (χ1) is 15.5. The average Bonchev–Trinajstić information content (AvgIpc) is 2.90. The topological polar surface area (TPSA) is 81.3 Å². The van der Waals surface area contributed by atoms with Crippen LogP contribution in [-0.4, -0.2) is 29.5 Å². The standard InChI is InChI=1S/C25H26N4O2S/c1-18(2)12-15-29(20-6-4-7-21(16-20)31-3)25(30)24-22(26)8-5-9-23(28-17-32-24)19-10-13-27-14-11-19/h4-14,16-17H,15,26H2,1-3H3. The van der Waals surface area contributed by atoms with Crippen LogP contribution in [0.3, 0.4) is 0 Å². The van der Waals surface area contributed by atoms with E-state index >= 15 is 0 Å². The predicted molar refractivity (Wildman–Crippen MR) is 131 cm³/mol. The van der Waals surface area contributed by atoms with Crippen LogP contribution >= 0.6 is 11.3 Å². The van der Waals surface area contributed by atoms with E-state index in [2.05, 4.69) is 9.97 Å². The Labute approximate surface area is 192 Å². The zero-order chi connectivity index (χ0) is 22.9. The summed E-state index contributed by atoms with van der Waals surface area (Å²) in [6.07, 6.45) is 5.43. The van der Waals surface area contributed by atoms with E-state index < -0.39 is 0 Å². The van der Waals surface area contributed by atoms with E-state index in [1.54, 1.807) is 42.0 Å². The number of methoxy groups -OCH3 is 1. The van der Waals surface area contributed by atoms with Crippen LogP contribution in [0.25, 0.3) is 11.3 Å². The monoisotopic (exact) mass is 446 g/mol. The van der Waals surface area contributed by atoms with Gasteiger partial charge in [0, 0.05) is 36.3 Å². The van der Waals surface area contributed by atoms with E-state index in [1.807, 2.05) is 62.4 Å². The summed E-state index contributed by atoms with van der Waals surface area (Å²) in [5, 5.41) is 0. The molecule has 32 heavy (non-hydrogen) atoms. The second-order valence-electron chi connectivity index (χ2n) is 7.18. The number of ether oxygens (including phenoxy) is 1. The lowest BCUT2D eigenvalue weighted by atomic mass is 10.2. The Morgan fingerprint density at radius 3 is 2.59 bits per heavy atom. The van der Waals surface area contributed by atoms with Gasteiger partial charge in [-0.2, -0.15) is 0 Å². The molecule has 0 atom stereocenters. The first-order valence-corrected chi connectivity index (χ1v) is 10.9. The molecule has 0 aliphatic heterocycles. The number of rotatable bonds is 6. The fraction of sp³-hybridized carbons (Fsp3) is 0.160. The molecule has 0 aliphatic carbocycles. The smallest absolute Gasteiger partial charge is 0.270 e. The number of nitrogen functional groups attached to an aromatic ring is 1. The van der Waals surface area contributed by atoms with Gasteiger partial charge in [0.2, 0.25) is 0 Å². The van der Waals surface area contributed by atoms with Crippen molar-refractivity contribution in [2.45, 2.75) is 13.8 Å². The number of aromatic nitrogens is 2. The average molecular weight is 447 g/mol. The Morgan fingerprint density at radius 2 is 1.88 bits per heavy atom. The molecule has 0 spiro atoms. The molecule has 0 bridgehead atoms. The lowest BCUT2D eigenvalue weighted by Gasteiger charge is -2.22. The quantitative estimate of drug-likeness (QED) is 0.503. The lowest BCUT2D eigenvalue weighted by molar-refractivity contribution is 0.0994. The molecule has 0 aliphatic rings. The zero-order valence-electron chi connectivity index (χ0n) is 18.4. The largest absolute Gasteiger partial charge is 0.497 e. The highest BCUT2D eigenvalue weighted by molar-refractivity contribution is 7.12. The minimum Gasteiger partial charge on any atom is -0.497 e. The van der Waals surface area contributed by atoms with Crippen molar-refractivity contribution in [3.8, 4) is 17.0 Å². The minimum absolute atomic E-state index is 0.207. The van der Waals surface area contributed by atoms with Crippen LogP contribution in [0, 0.1) is 0 Å². The van der Waals surface area contributed by atoms with Crippen molar-refractivity contribution in [2.75, 3.05) is 24.3 Å². The summed E-state index contributed by atoms with van der Waals surface area (Å²) < 4.78 is 5.34. The molecule has 3 aromatic rings. The maximum absolute atomic E-state index is 13.6. The highest BCUT2D eigenvalue weighted by Crippen LogP contribution is 2.26. The third kappa shape index (κ3) is 5.92. The number of anilines is 2. The van der Waals surface area contributed by atoms with Crippen LogP contribution in [0.15, 0.2) is 84.2 Å². The van der Waals surface area contributed by atoms with Crippen LogP contribution in [0.4, 0.5) is 11.4 Å². The van der Waals surface area contributed by atoms with Gasteiger partial charge in [-0.1, -0.05) is 23.8 Å². The van der Waals surface area contributed by atoms with Gasteiger partial charge in [0.05, 0.1) is 24.0 Å². The number of pyridine rings is 1. The molecule has 1 aromatic carbocycles. The van der Waals surface area contributed by atoms with E-state index in [1.165, 1.54) is 11.3 Å². The fourth-order valence-corrected chi connectivity index (χ4v) is 3.60. The summed E-state index contributed by atoms with van der Waals surface area (Å²) in [5.41, 5.74) is 11.9. The van der Waals surface area contributed by atoms with Crippen molar-refractivity contribution < 1.29 is 9.53 Å². The van der Waals surface area contributed by atoms with Crippen molar-refractivity contribution >= 4 is 28.6 Å².